The van der Waals surface area contributed by atoms with Crippen LogP contribution < -0.4 is 5.32 Å². The summed E-state index contributed by atoms with van der Waals surface area (Å²) >= 11 is 0. The van der Waals surface area contributed by atoms with E-state index in [1.807, 2.05) is 54.3 Å². The van der Waals surface area contributed by atoms with Gasteiger partial charge in [0.15, 0.2) is 0 Å². The Hall–Kier alpha value is -2.36. The Bertz CT molecular complexity index is 528. The number of para-hydroxylation sites is 1. The van der Waals surface area contributed by atoms with Crippen molar-refractivity contribution in [2.24, 2.45) is 0 Å². The van der Waals surface area contributed by atoms with Crippen molar-refractivity contribution in [2.75, 3.05) is 18.4 Å². The molecule has 4 heteroatoms. The largest absolute Gasteiger partial charge is 0.376 e. The molecule has 0 atom stereocenters. The minimum atomic E-state index is 0.0909. The molecule has 0 aliphatic carbocycles. The average Bonchev–Trinajstić information content (AvgIpc) is 2.52. The van der Waals surface area contributed by atoms with Gasteiger partial charge in [-0.2, -0.15) is 0 Å². The van der Waals surface area contributed by atoms with E-state index in [1.54, 1.807) is 12.4 Å². The van der Waals surface area contributed by atoms with Crippen LogP contribution >= 0.6 is 0 Å². The monoisotopic (exact) mass is 269 g/mol. The molecule has 0 saturated heterocycles. The van der Waals surface area contributed by atoms with Gasteiger partial charge in [0.05, 0.1) is 6.54 Å². The summed E-state index contributed by atoms with van der Waals surface area (Å²) in [6, 6.07) is 13.6. The van der Waals surface area contributed by atoms with Crippen LogP contribution in [0.1, 0.15) is 12.5 Å². The number of likely N-dealkylation sites (N-methyl/N-ethyl adjacent to an activating group) is 1. The van der Waals surface area contributed by atoms with Crippen LogP contribution in [-0.2, 0) is 11.3 Å². The fraction of sp³-hybridized carbons (Fsp3) is 0.250. The van der Waals surface area contributed by atoms with Gasteiger partial charge in [0.2, 0.25) is 5.91 Å². The van der Waals surface area contributed by atoms with Crippen LogP contribution in [0.5, 0.6) is 0 Å². The van der Waals surface area contributed by atoms with Gasteiger partial charge in [-0.25, -0.2) is 0 Å². The molecular formula is C16H19N3O. The van der Waals surface area contributed by atoms with Gasteiger partial charge in [0.1, 0.15) is 0 Å². The summed E-state index contributed by atoms with van der Waals surface area (Å²) in [7, 11) is 0. The van der Waals surface area contributed by atoms with Crippen molar-refractivity contribution in [1.29, 1.82) is 0 Å². The van der Waals surface area contributed by atoms with Gasteiger partial charge in [-0.15, -0.1) is 0 Å². The fourth-order valence-corrected chi connectivity index (χ4v) is 1.93. The Kier molecular flexibility index (Phi) is 5.12. The lowest BCUT2D eigenvalue weighted by molar-refractivity contribution is -0.129. The van der Waals surface area contributed by atoms with Crippen LogP contribution in [0.4, 0.5) is 5.69 Å². The number of nitrogens with one attached hydrogen (secondary N) is 1. The van der Waals surface area contributed by atoms with Gasteiger partial charge in [0.25, 0.3) is 0 Å². The first kappa shape index (κ1) is 14.1. The van der Waals surface area contributed by atoms with Crippen LogP contribution in [0, 0.1) is 0 Å². The summed E-state index contributed by atoms with van der Waals surface area (Å²) in [6.07, 6.45) is 3.49. The summed E-state index contributed by atoms with van der Waals surface area (Å²) in [5.41, 5.74) is 2.05. The molecule has 1 aromatic carbocycles. The molecule has 0 spiro atoms. The van der Waals surface area contributed by atoms with Gasteiger partial charge in [0, 0.05) is 31.2 Å². The number of pyridine rings is 1. The number of hydrogen-bond acceptors (Lipinski definition) is 3. The lowest BCUT2D eigenvalue weighted by atomic mass is 10.2. The predicted molar refractivity (Wildman–Crippen MR) is 80.3 cm³/mol. The number of rotatable bonds is 6. The molecular weight excluding hydrogens is 250 g/mol. The van der Waals surface area contributed by atoms with Crippen molar-refractivity contribution in [2.45, 2.75) is 13.5 Å². The van der Waals surface area contributed by atoms with Gasteiger partial charge in [-0.05, 0) is 36.8 Å². The summed E-state index contributed by atoms with van der Waals surface area (Å²) in [5.74, 6) is 0.0909. The number of carbonyl (C=O) groups excluding carboxylic acids is 1. The quantitative estimate of drug-likeness (QED) is 0.876. The third-order valence-corrected chi connectivity index (χ3v) is 3.07. The van der Waals surface area contributed by atoms with Crippen LogP contribution in [0.15, 0.2) is 54.9 Å². The van der Waals surface area contributed by atoms with Gasteiger partial charge < -0.3 is 10.2 Å². The van der Waals surface area contributed by atoms with E-state index in [4.69, 9.17) is 0 Å². The highest BCUT2D eigenvalue weighted by Crippen LogP contribution is 2.06. The van der Waals surface area contributed by atoms with E-state index in [0.717, 1.165) is 11.3 Å². The van der Waals surface area contributed by atoms with E-state index in [2.05, 4.69) is 10.3 Å². The van der Waals surface area contributed by atoms with E-state index < -0.39 is 0 Å². The van der Waals surface area contributed by atoms with Crippen molar-refractivity contribution in [3.8, 4) is 0 Å². The summed E-state index contributed by atoms with van der Waals surface area (Å²) in [4.78, 5) is 18.0. The van der Waals surface area contributed by atoms with Gasteiger partial charge in [-0.3, -0.25) is 9.78 Å². The Morgan fingerprint density at radius 2 is 1.85 bits per heavy atom. The highest BCUT2D eigenvalue weighted by Gasteiger charge is 2.11. The summed E-state index contributed by atoms with van der Waals surface area (Å²) in [6.45, 7) is 3.61. The third kappa shape index (κ3) is 4.09. The van der Waals surface area contributed by atoms with Crippen LogP contribution in [0.2, 0.25) is 0 Å². The molecule has 1 heterocycles. The first-order chi connectivity index (χ1) is 9.79. The van der Waals surface area contributed by atoms with Crippen molar-refractivity contribution in [3.63, 3.8) is 0 Å². The van der Waals surface area contributed by atoms with Gasteiger partial charge >= 0.3 is 0 Å². The molecule has 1 amide bonds. The highest BCUT2D eigenvalue weighted by molar-refractivity contribution is 5.80. The maximum atomic E-state index is 12.2. The number of amides is 1. The Morgan fingerprint density at radius 1 is 1.15 bits per heavy atom. The molecule has 0 aliphatic heterocycles. The molecule has 0 aliphatic rings. The summed E-state index contributed by atoms with van der Waals surface area (Å²) < 4.78 is 0. The van der Waals surface area contributed by atoms with Gasteiger partial charge in [-0.1, -0.05) is 18.2 Å². The predicted octanol–water partition coefficient (Wildman–Crippen LogP) is 2.54. The van der Waals surface area contributed by atoms with E-state index in [9.17, 15) is 4.79 Å². The molecule has 0 saturated carbocycles. The average molecular weight is 269 g/mol. The Balaban J connectivity index is 1.89. The number of aromatic nitrogens is 1. The second kappa shape index (κ2) is 7.28. The summed E-state index contributed by atoms with van der Waals surface area (Å²) in [5, 5.41) is 3.14. The van der Waals surface area contributed by atoms with E-state index in [1.165, 1.54) is 0 Å². The highest BCUT2D eigenvalue weighted by atomic mass is 16.2. The lowest BCUT2D eigenvalue weighted by Gasteiger charge is -2.21. The first-order valence-corrected chi connectivity index (χ1v) is 6.75. The maximum absolute atomic E-state index is 12.2. The molecule has 0 unspecified atom stereocenters. The number of hydrogen-bond donors (Lipinski definition) is 1. The molecule has 4 nitrogen and oxygen atoms in total. The molecule has 2 aromatic rings. The molecule has 20 heavy (non-hydrogen) atoms. The zero-order valence-electron chi connectivity index (χ0n) is 11.6. The number of benzene rings is 1. The Morgan fingerprint density at radius 3 is 2.50 bits per heavy atom. The van der Waals surface area contributed by atoms with Crippen LogP contribution in [-0.4, -0.2) is 28.9 Å². The van der Waals surface area contributed by atoms with Crippen molar-refractivity contribution in [1.82, 2.24) is 9.88 Å². The maximum Gasteiger partial charge on any atom is 0.242 e. The topological polar surface area (TPSA) is 45.2 Å². The van der Waals surface area contributed by atoms with E-state index in [-0.39, 0.29) is 5.91 Å². The van der Waals surface area contributed by atoms with E-state index >= 15 is 0 Å². The second-order valence-corrected chi connectivity index (χ2v) is 4.48. The van der Waals surface area contributed by atoms with Crippen molar-refractivity contribution in [3.05, 3.63) is 60.4 Å². The molecule has 1 aromatic heterocycles. The third-order valence-electron chi connectivity index (χ3n) is 3.07. The zero-order chi connectivity index (χ0) is 14.2. The molecule has 104 valence electrons. The second-order valence-electron chi connectivity index (χ2n) is 4.48. The molecule has 0 radical (unpaired) electrons. The SMILES string of the molecule is CCN(Cc1ccncc1)C(=O)CNc1ccccc1. The van der Waals surface area contributed by atoms with Crippen LogP contribution in [0.3, 0.4) is 0 Å². The number of anilines is 1. The zero-order valence-corrected chi connectivity index (χ0v) is 11.6. The number of carbonyl (C=O) groups is 1. The standard InChI is InChI=1S/C16H19N3O/c1-2-19(13-14-8-10-17-11-9-14)16(20)12-18-15-6-4-3-5-7-15/h3-11,18H,2,12-13H2,1H3. The van der Waals surface area contributed by atoms with Crippen LogP contribution in [0.25, 0.3) is 0 Å². The van der Waals surface area contributed by atoms with E-state index in [0.29, 0.717) is 19.6 Å². The number of nitrogens with zero attached hydrogens (tertiary/aromatic N) is 2. The molecule has 0 bridgehead atoms. The van der Waals surface area contributed by atoms with Crippen molar-refractivity contribution >= 4 is 11.6 Å². The minimum Gasteiger partial charge on any atom is -0.376 e. The lowest BCUT2D eigenvalue weighted by Crippen LogP contribution is -2.34. The normalized spacial score (nSPS) is 10.1. The van der Waals surface area contributed by atoms with Crippen molar-refractivity contribution < 1.29 is 4.79 Å². The Labute approximate surface area is 119 Å². The molecule has 2 rings (SSSR count). The smallest absolute Gasteiger partial charge is 0.242 e. The minimum absolute atomic E-state index is 0.0909. The first-order valence-electron chi connectivity index (χ1n) is 6.75. The fourth-order valence-electron chi connectivity index (χ4n) is 1.93. The molecule has 1 N–H and O–H groups in total. The molecule has 0 fully saturated rings.